The number of fused-ring (bicyclic) bond motifs is 1. The van der Waals surface area contributed by atoms with Gasteiger partial charge in [0, 0.05) is 35.5 Å². The van der Waals surface area contributed by atoms with E-state index in [-0.39, 0.29) is 23.6 Å². The molecule has 3 rings (SSSR count). The lowest BCUT2D eigenvalue weighted by Crippen LogP contribution is -2.32. The van der Waals surface area contributed by atoms with Gasteiger partial charge in [-0.1, -0.05) is 23.9 Å². The molecular formula is C22H26N4O2S2. The number of hydrogen-bond acceptors (Lipinski definition) is 6. The fraction of sp³-hybridized carbons (Fsp3) is 0.364. The van der Waals surface area contributed by atoms with Gasteiger partial charge in [-0.15, -0.1) is 11.3 Å². The third kappa shape index (κ3) is 4.99. The Morgan fingerprint density at radius 3 is 2.53 bits per heavy atom. The molecule has 0 spiro atoms. The summed E-state index contributed by atoms with van der Waals surface area (Å²) in [6.07, 6.45) is 1.55. The van der Waals surface area contributed by atoms with Gasteiger partial charge in [0.05, 0.1) is 5.75 Å². The molecule has 2 aromatic heterocycles. The van der Waals surface area contributed by atoms with Crippen LogP contribution in [0, 0.1) is 13.8 Å². The van der Waals surface area contributed by atoms with Crippen LogP contribution in [0.4, 0.5) is 0 Å². The van der Waals surface area contributed by atoms with Gasteiger partial charge >= 0.3 is 0 Å². The smallest absolute Gasteiger partial charge is 0.253 e. The first-order chi connectivity index (χ1) is 14.3. The van der Waals surface area contributed by atoms with Crippen LogP contribution in [0.5, 0.6) is 0 Å². The van der Waals surface area contributed by atoms with Crippen LogP contribution in [-0.4, -0.2) is 45.5 Å². The van der Waals surface area contributed by atoms with Crippen molar-refractivity contribution >= 4 is 45.1 Å². The average molecular weight is 443 g/mol. The average Bonchev–Trinajstić information content (AvgIpc) is 3.04. The Labute approximate surface area is 185 Å². The Bertz CT molecular complexity index is 1060. The summed E-state index contributed by atoms with van der Waals surface area (Å²) in [7, 11) is 1.79. The largest absolute Gasteiger partial charge is 0.351 e. The first kappa shape index (κ1) is 22.2. The molecule has 0 radical (unpaired) electrons. The van der Waals surface area contributed by atoms with E-state index in [0.717, 1.165) is 20.8 Å². The standard InChI is InChI=1S/C22H26N4O2S2/c1-13(2)26(5)22(28)17-8-6-16(7-9-17)10-23-18(27)11-29-20-19-14(3)15(4)30-21(19)25-12-24-20/h6-9,12-13H,10-11H2,1-5H3,(H,23,27). The molecule has 3 aromatic rings. The molecule has 0 aliphatic heterocycles. The lowest BCUT2D eigenvalue weighted by atomic mass is 10.1. The summed E-state index contributed by atoms with van der Waals surface area (Å²) in [6, 6.07) is 7.50. The van der Waals surface area contributed by atoms with Crippen molar-refractivity contribution in [3.8, 4) is 0 Å². The summed E-state index contributed by atoms with van der Waals surface area (Å²) in [5.74, 6) is 0.221. The molecule has 0 saturated heterocycles. The van der Waals surface area contributed by atoms with Crippen LogP contribution in [0.15, 0.2) is 35.6 Å². The van der Waals surface area contributed by atoms with Crippen LogP contribution in [0.2, 0.25) is 0 Å². The molecule has 2 heterocycles. The molecule has 1 aromatic carbocycles. The SMILES string of the molecule is Cc1sc2ncnc(SCC(=O)NCc3ccc(C(=O)N(C)C(C)C)cc3)c2c1C. The zero-order chi connectivity index (χ0) is 21.8. The minimum absolute atomic E-state index is 0.00730. The van der Waals surface area contributed by atoms with Crippen LogP contribution in [0.1, 0.15) is 40.2 Å². The van der Waals surface area contributed by atoms with Crippen LogP contribution in [-0.2, 0) is 11.3 Å². The van der Waals surface area contributed by atoms with Crippen LogP contribution in [0.25, 0.3) is 10.2 Å². The van der Waals surface area contributed by atoms with Gasteiger partial charge in [0.15, 0.2) is 0 Å². The van der Waals surface area contributed by atoms with Gasteiger partial charge in [-0.05, 0) is 51.0 Å². The van der Waals surface area contributed by atoms with E-state index in [2.05, 4.69) is 29.1 Å². The Kier molecular flexibility index (Phi) is 7.10. The fourth-order valence-electron chi connectivity index (χ4n) is 2.85. The number of nitrogens with one attached hydrogen (secondary N) is 1. The molecule has 0 atom stereocenters. The number of benzene rings is 1. The van der Waals surface area contributed by atoms with E-state index in [1.54, 1.807) is 41.7 Å². The number of carbonyl (C=O) groups is 2. The highest BCUT2D eigenvalue weighted by Crippen LogP contribution is 2.34. The highest BCUT2D eigenvalue weighted by molar-refractivity contribution is 8.00. The maximum atomic E-state index is 12.3. The van der Waals surface area contributed by atoms with Crippen molar-refractivity contribution in [1.82, 2.24) is 20.2 Å². The van der Waals surface area contributed by atoms with Crippen molar-refractivity contribution in [3.05, 3.63) is 52.2 Å². The number of hydrogen-bond donors (Lipinski definition) is 1. The zero-order valence-electron chi connectivity index (χ0n) is 17.9. The van der Waals surface area contributed by atoms with Gasteiger partial charge in [-0.3, -0.25) is 9.59 Å². The molecule has 1 N–H and O–H groups in total. The number of nitrogens with zero attached hydrogens (tertiary/aromatic N) is 3. The molecule has 6 nitrogen and oxygen atoms in total. The topological polar surface area (TPSA) is 75.2 Å². The summed E-state index contributed by atoms with van der Waals surface area (Å²) in [5, 5.41) is 4.82. The Balaban J connectivity index is 1.55. The molecule has 0 fully saturated rings. The predicted octanol–water partition coefficient (Wildman–Crippen LogP) is 4.20. The number of amides is 2. The highest BCUT2D eigenvalue weighted by Gasteiger charge is 2.15. The molecule has 0 saturated carbocycles. The quantitative estimate of drug-likeness (QED) is 0.438. The minimum Gasteiger partial charge on any atom is -0.351 e. The summed E-state index contributed by atoms with van der Waals surface area (Å²) in [5.41, 5.74) is 2.77. The number of carbonyl (C=O) groups excluding carboxylic acids is 2. The minimum atomic E-state index is -0.0592. The third-order valence-electron chi connectivity index (χ3n) is 5.06. The molecule has 30 heavy (non-hydrogen) atoms. The summed E-state index contributed by atoms with van der Waals surface area (Å²) in [4.78, 5) is 37.2. The number of thiophene rings is 1. The zero-order valence-corrected chi connectivity index (χ0v) is 19.5. The maximum absolute atomic E-state index is 12.3. The van der Waals surface area contributed by atoms with E-state index in [0.29, 0.717) is 12.1 Å². The van der Waals surface area contributed by atoms with Crippen molar-refractivity contribution in [3.63, 3.8) is 0 Å². The lowest BCUT2D eigenvalue weighted by molar-refractivity contribution is -0.118. The lowest BCUT2D eigenvalue weighted by Gasteiger charge is -2.21. The maximum Gasteiger partial charge on any atom is 0.253 e. The fourth-order valence-corrected chi connectivity index (χ4v) is 4.80. The van der Waals surface area contributed by atoms with Crippen LogP contribution in [0.3, 0.4) is 0 Å². The van der Waals surface area contributed by atoms with Gasteiger partial charge in [0.25, 0.3) is 5.91 Å². The van der Waals surface area contributed by atoms with E-state index in [1.807, 2.05) is 26.0 Å². The Hall–Kier alpha value is -2.45. The third-order valence-corrected chi connectivity index (χ3v) is 7.16. The van der Waals surface area contributed by atoms with Gasteiger partial charge in [0.1, 0.15) is 16.2 Å². The summed E-state index contributed by atoms with van der Waals surface area (Å²) >= 11 is 3.08. The second-order valence-electron chi connectivity index (χ2n) is 7.41. The normalized spacial score (nSPS) is 11.1. The highest BCUT2D eigenvalue weighted by atomic mass is 32.2. The molecule has 0 unspecified atom stereocenters. The molecule has 0 bridgehead atoms. The van der Waals surface area contributed by atoms with Crippen LogP contribution >= 0.6 is 23.1 Å². The van der Waals surface area contributed by atoms with Gasteiger partial charge in [-0.2, -0.15) is 0 Å². The second kappa shape index (κ2) is 9.57. The van der Waals surface area contributed by atoms with E-state index < -0.39 is 0 Å². The summed E-state index contributed by atoms with van der Waals surface area (Å²) < 4.78 is 0. The second-order valence-corrected chi connectivity index (χ2v) is 9.58. The van der Waals surface area contributed by atoms with Crippen molar-refractivity contribution in [1.29, 1.82) is 0 Å². The molecule has 0 aliphatic carbocycles. The van der Waals surface area contributed by atoms with E-state index in [9.17, 15) is 9.59 Å². The Morgan fingerprint density at radius 1 is 1.17 bits per heavy atom. The number of rotatable bonds is 7. The number of aromatic nitrogens is 2. The molecule has 2 amide bonds. The van der Waals surface area contributed by atoms with Crippen molar-refractivity contribution in [2.24, 2.45) is 0 Å². The molecule has 0 aliphatic rings. The Morgan fingerprint density at radius 2 is 1.87 bits per heavy atom. The van der Waals surface area contributed by atoms with Crippen LogP contribution < -0.4 is 5.32 Å². The van der Waals surface area contributed by atoms with Crippen molar-refractivity contribution < 1.29 is 9.59 Å². The predicted molar refractivity (Wildman–Crippen MR) is 123 cm³/mol. The molecule has 8 heteroatoms. The number of aryl methyl sites for hydroxylation is 2. The van der Waals surface area contributed by atoms with Crippen molar-refractivity contribution in [2.75, 3.05) is 12.8 Å². The summed E-state index contributed by atoms with van der Waals surface area (Å²) in [6.45, 7) is 8.52. The molecule has 158 valence electrons. The first-order valence-corrected chi connectivity index (χ1v) is 11.5. The molecular weight excluding hydrogens is 416 g/mol. The van der Waals surface area contributed by atoms with Crippen molar-refractivity contribution in [2.45, 2.75) is 45.3 Å². The van der Waals surface area contributed by atoms with E-state index in [1.165, 1.54) is 22.2 Å². The first-order valence-electron chi connectivity index (χ1n) is 9.74. The number of thioether (sulfide) groups is 1. The van der Waals surface area contributed by atoms with Gasteiger partial charge in [0.2, 0.25) is 5.91 Å². The van der Waals surface area contributed by atoms with E-state index >= 15 is 0 Å². The van der Waals surface area contributed by atoms with E-state index in [4.69, 9.17) is 0 Å². The van der Waals surface area contributed by atoms with Gasteiger partial charge < -0.3 is 10.2 Å². The van der Waals surface area contributed by atoms with Gasteiger partial charge in [-0.25, -0.2) is 9.97 Å². The monoisotopic (exact) mass is 442 g/mol.